The van der Waals surface area contributed by atoms with Crippen LogP contribution in [0.15, 0.2) is 12.1 Å². The SMILES string of the molecule is COc1ccc2c(C(=O)N3C[C@@H]4C[C@H]3CN4C)n[nH]c2c1F. The van der Waals surface area contributed by atoms with E-state index < -0.39 is 5.82 Å². The van der Waals surface area contributed by atoms with Gasteiger partial charge in [0, 0.05) is 30.6 Å². The number of halogens is 1. The molecule has 0 unspecified atom stereocenters. The van der Waals surface area contributed by atoms with Crippen molar-refractivity contribution in [1.82, 2.24) is 20.0 Å². The van der Waals surface area contributed by atoms with Crippen LogP contribution in [0.3, 0.4) is 0 Å². The number of rotatable bonds is 2. The van der Waals surface area contributed by atoms with Crippen molar-refractivity contribution < 1.29 is 13.9 Å². The van der Waals surface area contributed by atoms with Crippen molar-refractivity contribution in [2.75, 3.05) is 27.2 Å². The van der Waals surface area contributed by atoms with Crippen LogP contribution in [0.4, 0.5) is 4.39 Å². The van der Waals surface area contributed by atoms with Gasteiger partial charge in [0.25, 0.3) is 5.91 Å². The molecule has 2 fully saturated rings. The lowest BCUT2D eigenvalue weighted by molar-refractivity contribution is 0.0646. The topological polar surface area (TPSA) is 61.5 Å². The zero-order valence-electron chi connectivity index (χ0n) is 12.5. The van der Waals surface area contributed by atoms with Gasteiger partial charge >= 0.3 is 0 Å². The Kier molecular flexibility index (Phi) is 2.87. The molecule has 116 valence electrons. The van der Waals surface area contributed by atoms with Gasteiger partial charge in [-0.1, -0.05) is 0 Å². The molecule has 3 heterocycles. The minimum absolute atomic E-state index is 0.128. The molecule has 6 nitrogen and oxygen atoms in total. The van der Waals surface area contributed by atoms with E-state index in [0.717, 1.165) is 13.0 Å². The molecule has 2 aliphatic heterocycles. The Hall–Kier alpha value is -2.15. The fourth-order valence-electron chi connectivity index (χ4n) is 3.61. The summed E-state index contributed by atoms with van der Waals surface area (Å²) in [7, 11) is 3.49. The number of carbonyl (C=O) groups is 1. The number of likely N-dealkylation sites (tertiary alicyclic amines) is 2. The summed E-state index contributed by atoms with van der Waals surface area (Å²) in [5.41, 5.74) is 0.496. The highest BCUT2D eigenvalue weighted by atomic mass is 19.1. The summed E-state index contributed by atoms with van der Waals surface area (Å²) in [5.74, 6) is -0.511. The van der Waals surface area contributed by atoms with Crippen molar-refractivity contribution in [1.29, 1.82) is 0 Å². The van der Waals surface area contributed by atoms with E-state index in [2.05, 4.69) is 22.1 Å². The molecule has 0 saturated carbocycles. The van der Waals surface area contributed by atoms with E-state index in [0.29, 0.717) is 18.0 Å². The molecule has 22 heavy (non-hydrogen) atoms. The monoisotopic (exact) mass is 304 g/mol. The first-order chi connectivity index (χ1) is 10.6. The van der Waals surface area contributed by atoms with E-state index in [-0.39, 0.29) is 28.9 Å². The van der Waals surface area contributed by atoms with E-state index in [1.165, 1.54) is 13.2 Å². The lowest BCUT2D eigenvalue weighted by atomic mass is 10.1. The third kappa shape index (κ3) is 1.75. The predicted octanol–water partition coefficient (Wildman–Crippen LogP) is 1.24. The minimum Gasteiger partial charge on any atom is -0.494 e. The van der Waals surface area contributed by atoms with Crippen LogP contribution in [0.1, 0.15) is 16.9 Å². The van der Waals surface area contributed by atoms with Gasteiger partial charge in [-0.15, -0.1) is 0 Å². The van der Waals surface area contributed by atoms with E-state index in [9.17, 15) is 9.18 Å². The fourth-order valence-corrected chi connectivity index (χ4v) is 3.61. The van der Waals surface area contributed by atoms with Crippen molar-refractivity contribution in [3.05, 3.63) is 23.6 Å². The maximum absolute atomic E-state index is 14.2. The summed E-state index contributed by atoms with van der Waals surface area (Å²) < 4.78 is 19.1. The first-order valence-electron chi connectivity index (χ1n) is 7.32. The number of piperazine rings is 1. The van der Waals surface area contributed by atoms with Crippen LogP contribution in [-0.2, 0) is 0 Å². The average molecular weight is 304 g/mol. The Morgan fingerprint density at radius 1 is 1.41 bits per heavy atom. The van der Waals surface area contributed by atoms with Gasteiger partial charge in [0.15, 0.2) is 17.3 Å². The molecule has 0 radical (unpaired) electrons. The zero-order valence-corrected chi connectivity index (χ0v) is 12.5. The molecule has 1 aromatic heterocycles. The largest absolute Gasteiger partial charge is 0.494 e. The normalized spacial score (nSPS) is 24.4. The third-order valence-electron chi connectivity index (χ3n) is 4.84. The van der Waals surface area contributed by atoms with Crippen LogP contribution in [0.25, 0.3) is 10.9 Å². The molecule has 2 aromatic rings. The Morgan fingerprint density at radius 2 is 2.23 bits per heavy atom. The number of carbonyl (C=O) groups excluding carboxylic acids is 1. The van der Waals surface area contributed by atoms with Crippen LogP contribution in [-0.4, -0.2) is 65.2 Å². The number of benzene rings is 1. The molecule has 0 aliphatic carbocycles. The second kappa shape index (κ2) is 4.67. The number of H-pyrrole nitrogens is 1. The lowest BCUT2D eigenvalue weighted by Crippen LogP contribution is -2.47. The molecular formula is C15H17FN4O2. The average Bonchev–Trinajstić information content (AvgIpc) is 3.19. The highest BCUT2D eigenvalue weighted by Crippen LogP contribution is 2.32. The van der Waals surface area contributed by atoms with Gasteiger partial charge in [-0.3, -0.25) is 14.8 Å². The number of hydrogen-bond donors (Lipinski definition) is 1. The molecule has 1 amide bonds. The van der Waals surface area contributed by atoms with Gasteiger partial charge in [-0.05, 0) is 25.6 Å². The fraction of sp³-hybridized carbons (Fsp3) is 0.467. The summed E-state index contributed by atoms with van der Waals surface area (Å²) >= 11 is 0. The first-order valence-corrected chi connectivity index (χ1v) is 7.32. The van der Waals surface area contributed by atoms with Gasteiger partial charge in [0.2, 0.25) is 0 Å². The standard InChI is InChI=1S/C15H17FN4O2/c1-19-6-9-5-8(19)7-20(9)15(21)14-10-3-4-11(22-2)12(16)13(10)17-18-14/h3-4,8-9H,5-7H2,1-2H3,(H,17,18)/t8-,9-/m0/s1. The van der Waals surface area contributed by atoms with Gasteiger partial charge in [-0.25, -0.2) is 4.39 Å². The molecular weight excluding hydrogens is 287 g/mol. The number of hydrogen-bond acceptors (Lipinski definition) is 4. The van der Waals surface area contributed by atoms with Gasteiger partial charge in [-0.2, -0.15) is 5.10 Å². The quantitative estimate of drug-likeness (QED) is 0.907. The molecule has 7 heteroatoms. The van der Waals surface area contributed by atoms with Crippen LogP contribution in [0.2, 0.25) is 0 Å². The molecule has 2 atom stereocenters. The van der Waals surface area contributed by atoms with Gasteiger partial charge < -0.3 is 9.64 Å². The highest BCUT2D eigenvalue weighted by molar-refractivity contribution is 6.05. The van der Waals surface area contributed by atoms with Crippen molar-refractivity contribution in [3.8, 4) is 5.75 Å². The predicted molar refractivity (Wildman–Crippen MR) is 78.5 cm³/mol. The number of aromatic nitrogens is 2. The number of aromatic amines is 1. The molecule has 1 aromatic carbocycles. The second-order valence-electron chi connectivity index (χ2n) is 6.02. The van der Waals surface area contributed by atoms with Crippen LogP contribution in [0.5, 0.6) is 5.75 Å². The van der Waals surface area contributed by atoms with E-state index in [1.807, 2.05) is 4.90 Å². The number of ether oxygens (including phenoxy) is 1. The summed E-state index contributed by atoms with van der Waals surface area (Å²) in [4.78, 5) is 16.9. The van der Waals surface area contributed by atoms with Crippen molar-refractivity contribution in [3.63, 3.8) is 0 Å². The number of likely N-dealkylation sites (N-methyl/N-ethyl adjacent to an activating group) is 1. The van der Waals surface area contributed by atoms with Crippen molar-refractivity contribution >= 4 is 16.8 Å². The maximum Gasteiger partial charge on any atom is 0.275 e. The van der Waals surface area contributed by atoms with Crippen LogP contribution >= 0.6 is 0 Å². The first kappa shape index (κ1) is 13.5. The second-order valence-corrected chi connectivity index (χ2v) is 6.02. The smallest absolute Gasteiger partial charge is 0.275 e. The summed E-state index contributed by atoms with van der Waals surface area (Å²) in [5, 5.41) is 7.18. The van der Waals surface area contributed by atoms with Crippen molar-refractivity contribution in [2.24, 2.45) is 0 Å². The number of fused-ring (bicyclic) bond motifs is 3. The van der Waals surface area contributed by atoms with Gasteiger partial charge in [0.05, 0.1) is 7.11 Å². The third-order valence-corrected chi connectivity index (χ3v) is 4.84. The Bertz CT molecular complexity index is 757. The Labute approximate surface area is 126 Å². The highest BCUT2D eigenvalue weighted by Gasteiger charge is 2.44. The molecule has 2 saturated heterocycles. The Morgan fingerprint density at radius 3 is 2.86 bits per heavy atom. The van der Waals surface area contributed by atoms with Crippen molar-refractivity contribution in [2.45, 2.75) is 18.5 Å². The zero-order chi connectivity index (χ0) is 15.4. The van der Waals surface area contributed by atoms with Gasteiger partial charge in [0.1, 0.15) is 5.52 Å². The number of nitrogens with zero attached hydrogens (tertiary/aromatic N) is 3. The number of methoxy groups -OCH3 is 1. The Balaban J connectivity index is 1.70. The van der Waals surface area contributed by atoms with E-state index in [4.69, 9.17) is 4.74 Å². The molecule has 2 aliphatic rings. The minimum atomic E-state index is -0.519. The molecule has 0 spiro atoms. The van der Waals surface area contributed by atoms with Crippen LogP contribution < -0.4 is 4.74 Å². The molecule has 4 rings (SSSR count). The molecule has 1 N–H and O–H groups in total. The number of nitrogens with one attached hydrogen (secondary N) is 1. The molecule has 2 bridgehead atoms. The summed E-state index contributed by atoms with van der Waals surface area (Å²) in [6.07, 6.45) is 1.01. The summed E-state index contributed by atoms with van der Waals surface area (Å²) in [6, 6.07) is 3.86. The van der Waals surface area contributed by atoms with E-state index in [1.54, 1.807) is 6.07 Å². The van der Waals surface area contributed by atoms with E-state index >= 15 is 0 Å². The summed E-state index contributed by atoms with van der Waals surface area (Å²) in [6.45, 7) is 1.61. The number of amides is 1. The maximum atomic E-state index is 14.2. The lowest BCUT2D eigenvalue weighted by Gasteiger charge is -2.31. The van der Waals surface area contributed by atoms with Crippen LogP contribution in [0, 0.1) is 5.82 Å².